The molecule has 2 fully saturated rings. The third-order valence-electron chi connectivity index (χ3n) is 7.13. The molecule has 2 aliphatic heterocycles. The molecule has 3 aromatic rings. The third-order valence-corrected chi connectivity index (χ3v) is 8.32. The highest BCUT2D eigenvalue weighted by molar-refractivity contribution is 7.17. The van der Waals surface area contributed by atoms with Crippen LogP contribution in [-0.2, 0) is 4.79 Å². The van der Waals surface area contributed by atoms with E-state index in [9.17, 15) is 9.59 Å². The molecule has 2 aliphatic rings. The molecule has 2 aromatic carbocycles. The highest BCUT2D eigenvalue weighted by Gasteiger charge is 2.29. The Labute approximate surface area is 211 Å². The number of piperidine rings is 1. The first-order valence-electron chi connectivity index (χ1n) is 12.5. The molecule has 7 heteroatoms. The number of anilines is 1. The van der Waals surface area contributed by atoms with E-state index in [0.717, 1.165) is 60.2 Å². The number of benzene rings is 2. The fraction of sp³-hybridized carbons (Fsp3) is 0.393. The number of para-hydroxylation sites is 1. The lowest BCUT2D eigenvalue weighted by atomic mass is 9.92. The first-order chi connectivity index (χ1) is 17.1. The Morgan fingerprint density at radius 2 is 1.49 bits per heavy atom. The Bertz CT molecular complexity index is 1150. The summed E-state index contributed by atoms with van der Waals surface area (Å²) in [6.45, 7) is 6.63. The van der Waals surface area contributed by atoms with Crippen LogP contribution in [0.15, 0.2) is 60.7 Å². The molecule has 0 saturated carbocycles. The first-order valence-corrected chi connectivity index (χ1v) is 13.3. The van der Waals surface area contributed by atoms with Gasteiger partial charge in [0.15, 0.2) is 0 Å². The molecule has 0 spiro atoms. The van der Waals surface area contributed by atoms with Gasteiger partial charge in [0, 0.05) is 56.9 Å². The summed E-state index contributed by atoms with van der Waals surface area (Å²) < 4.78 is 0. The standard InChI is InChI=1S/C28H32N4O2S/c1-21-26(35-27(29-21)23-8-4-2-5-9-23)28(34)32-14-12-22(13-15-32)20-25(33)31-18-16-30(17-19-31)24-10-6-3-7-11-24/h2-11,22H,12-20H2,1H3. The molecule has 2 saturated heterocycles. The number of carbonyl (C=O) groups excluding carboxylic acids is 2. The zero-order valence-corrected chi connectivity index (χ0v) is 21.0. The Morgan fingerprint density at radius 3 is 2.14 bits per heavy atom. The summed E-state index contributed by atoms with van der Waals surface area (Å²) >= 11 is 1.48. The molecular formula is C28H32N4O2S. The van der Waals surface area contributed by atoms with Crippen LogP contribution in [0.1, 0.15) is 34.6 Å². The Balaban J connectivity index is 1.10. The summed E-state index contributed by atoms with van der Waals surface area (Å²) in [6.07, 6.45) is 2.35. The van der Waals surface area contributed by atoms with Gasteiger partial charge in [-0.25, -0.2) is 4.98 Å². The number of nitrogens with zero attached hydrogens (tertiary/aromatic N) is 4. The summed E-state index contributed by atoms with van der Waals surface area (Å²) in [6, 6.07) is 20.4. The van der Waals surface area contributed by atoms with Gasteiger partial charge in [-0.1, -0.05) is 48.5 Å². The highest BCUT2D eigenvalue weighted by atomic mass is 32.1. The van der Waals surface area contributed by atoms with E-state index in [1.807, 2.05) is 53.1 Å². The molecule has 3 heterocycles. The van der Waals surface area contributed by atoms with Crippen molar-refractivity contribution in [1.29, 1.82) is 0 Å². The van der Waals surface area contributed by atoms with Gasteiger partial charge in [-0.05, 0) is 37.8 Å². The summed E-state index contributed by atoms with van der Waals surface area (Å²) in [5, 5.41) is 0.888. The SMILES string of the molecule is Cc1nc(-c2ccccc2)sc1C(=O)N1CCC(CC(=O)N2CCN(c3ccccc3)CC2)CC1. The van der Waals surface area contributed by atoms with Crippen LogP contribution in [0, 0.1) is 12.8 Å². The van der Waals surface area contributed by atoms with Crippen molar-refractivity contribution in [1.82, 2.24) is 14.8 Å². The van der Waals surface area contributed by atoms with Gasteiger partial charge >= 0.3 is 0 Å². The Hall–Kier alpha value is -3.19. The predicted octanol–water partition coefficient (Wildman–Crippen LogP) is 4.71. The van der Waals surface area contributed by atoms with Gasteiger partial charge in [-0.3, -0.25) is 9.59 Å². The number of rotatable bonds is 5. The predicted molar refractivity (Wildman–Crippen MR) is 141 cm³/mol. The van der Waals surface area contributed by atoms with E-state index >= 15 is 0 Å². The van der Waals surface area contributed by atoms with Crippen LogP contribution in [0.5, 0.6) is 0 Å². The lowest BCUT2D eigenvalue weighted by Gasteiger charge is -2.37. The van der Waals surface area contributed by atoms with Gasteiger partial charge in [0.1, 0.15) is 9.88 Å². The van der Waals surface area contributed by atoms with E-state index in [1.165, 1.54) is 17.0 Å². The fourth-order valence-corrected chi connectivity index (χ4v) is 6.05. The summed E-state index contributed by atoms with van der Waals surface area (Å²) in [5.41, 5.74) is 3.07. The minimum atomic E-state index is 0.0731. The molecule has 1 aromatic heterocycles. The van der Waals surface area contributed by atoms with Gasteiger partial charge in [0.2, 0.25) is 5.91 Å². The molecule has 0 bridgehead atoms. The smallest absolute Gasteiger partial charge is 0.265 e. The number of hydrogen-bond donors (Lipinski definition) is 0. The average molecular weight is 489 g/mol. The summed E-state index contributed by atoms with van der Waals surface area (Å²) in [4.78, 5) is 37.8. The third kappa shape index (κ3) is 5.40. The van der Waals surface area contributed by atoms with Crippen molar-refractivity contribution >= 4 is 28.8 Å². The van der Waals surface area contributed by atoms with E-state index in [0.29, 0.717) is 25.4 Å². The maximum absolute atomic E-state index is 13.2. The molecule has 0 unspecified atom stereocenters. The molecule has 0 atom stereocenters. The molecule has 2 amide bonds. The van der Waals surface area contributed by atoms with Gasteiger partial charge in [0.25, 0.3) is 5.91 Å². The van der Waals surface area contributed by atoms with E-state index < -0.39 is 0 Å². The second kappa shape index (κ2) is 10.6. The minimum Gasteiger partial charge on any atom is -0.368 e. The maximum atomic E-state index is 13.2. The van der Waals surface area contributed by atoms with Gasteiger partial charge in [0.05, 0.1) is 5.69 Å². The number of piperazine rings is 1. The molecule has 0 aliphatic carbocycles. The van der Waals surface area contributed by atoms with Crippen LogP contribution in [-0.4, -0.2) is 65.9 Å². The van der Waals surface area contributed by atoms with Gasteiger partial charge < -0.3 is 14.7 Å². The summed E-state index contributed by atoms with van der Waals surface area (Å²) in [5.74, 6) is 0.679. The molecular weight excluding hydrogens is 456 g/mol. The zero-order valence-electron chi connectivity index (χ0n) is 20.2. The second-order valence-electron chi connectivity index (χ2n) is 9.44. The molecule has 5 rings (SSSR count). The van der Waals surface area contributed by atoms with Crippen LogP contribution in [0.2, 0.25) is 0 Å². The van der Waals surface area contributed by atoms with E-state index in [4.69, 9.17) is 0 Å². The largest absolute Gasteiger partial charge is 0.368 e. The molecule has 6 nitrogen and oxygen atoms in total. The van der Waals surface area contributed by atoms with Crippen molar-refractivity contribution in [2.45, 2.75) is 26.2 Å². The van der Waals surface area contributed by atoms with Crippen molar-refractivity contribution in [3.63, 3.8) is 0 Å². The maximum Gasteiger partial charge on any atom is 0.265 e. The fourth-order valence-electron chi connectivity index (χ4n) is 5.01. The quantitative estimate of drug-likeness (QED) is 0.522. The number of aromatic nitrogens is 1. The molecule has 182 valence electrons. The summed E-state index contributed by atoms with van der Waals surface area (Å²) in [7, 11) is 0. The molecule has 35 heavy (non-hydrogen) atoms. The number of thiazole rings is 1. The zero-order chi connectivity index (χ0) is 24.2. The number of hydrogen-bond acceptors (Lipinski definition) is 5. The Morgan fingerprint density at radius 1 is 0.857 bits per heavy atom. The second-order valence-corrected chi connectivity index (χ2v) is 10.4. The number of amides is 2. The topological polar surface area (TPSA) is 56.8 Å². The molecule has 0 N–H and O–H groups in total. The first kappa shape index (κ1) is 23.5. The van der Waals surface area contributed by atoms with E-state index in [2.05, 4.69) is 34.1 Å². The normalized spacial score (nSPS) is 17.0. The van der Waals surface area contributed by atoms with Crippen LogP contribution < -0.4 is 4.90 Å². The van der Waals surface area contributed by atoms with Gasteiger partial charge in [-0.15, -0.1) is 11.3 Å². The van der Waals surface area contributed by atoms with Crippen LogP contribution in [0.3, 0.4) is 0 Å². The lowest BCUT2D eigenvalue weighted by molar-refractivity contribution is -0.132. The van der Waals surface area contributed by atoms with E-state index in [1.54, 1.807) is 0 Å². The lowest BCUT2D eigenvalue weighted by Crippen LogP contribution is -2.49. The number of aryl methyl sites for hydroxylation is 1. The molecule has 0 radical (unpaired) electrons. The van der Waals surface area contributed by atoms with Crippen molar-refractivity contribution in [2.24, 2.45) is 5.92 Å². The highest BCUT2D eigenvalue weighted by Crippen LogP contribution is 2.30. The van der Waals surface area contributed by atoms with Crippen molar-refractivity contribution in [3.05, 3.63) is 71.2 Å². The minimum absolute atomic E-state index is 0.0731. The Kier molecular flexibility index (Phi) is 7.13. The van der Waals surface area contributed by atoms with Crippen LogP contribution in [0.25, 0.3) is 10.6 Å². The number of likely N-dealkylation sites (tertiary alicyclic amines) is 1. The van der Waals surface area contributed by atoms with Crippen LogP contribution in [0.4, 0.5) is 5.69 Å². The number of carbonyl (C=O) groups is 2. The van der Waals surface area contributed by atoms with Crippen molar-refractivity contribution in [2.75, 3.05) is 44.2 Å². The van der Waals surface area contributed by atoms with Crippen molar-refractivity contribution < 1.29 is 9.59 Å². The van der Waals surface area contributed by atoms with Gasteiger partial charge in [-0.2, -0.15) is 0 Å². The average Bonchev–Trinajstić information content (AvgIpc) is 3.31. The monoisotopic (exact) mass is 488 g/mol. The van der Waals surface area contributed by atoms with E-state index in [-0.39, 0.29) is 11.8 Å². The van der Waals surface area contributed by atoms with Crippen LogP contribution >= 0.6 is 11.3 Å². The van der Waals surface area contributed by atoms with Crippen molar-refractivity contribution in [3.8, 4) is 10.6 Å².